The second-order valence-corrected chi connectivity index (χ2v) is 4.46. The lowest BCUT2D eigenvalue weighted by molar-refractivity contribution is -0.117. The molecule has 2 unspecified atom stereocenters. The van der Waals surface area contributed by atoms with Gasteiger partial charge in [0.05, 0.1) is 6.10 Å². The molecule has 1 aromatic carbocycles. The molecule has 0 saturated heterocycles. The molecule has 1 aliphatic carbocycles. The number of hydrogen-bond acceptors (Lipinski definition) is 4. The van der Waals surface area contributed by atoms with Gasteiger partial charge in [-0.15, -0.1) is 0 Å². The van der Waals surface area contributed by atoms with E-state index in [9.17, 15) is 19.8 Å². The van der Waals surface area contributed by atoms with Gasteiger partial charge in [-0.05, 0) is 19.4 Å². The Morgan fingerprint density at radius 1 is 1.47 bits per heavy atom. The largest absolute Gasteiger partial charge is 0.508 e. The van der Waals surface area contributed by atoms with E-state index in [2.05, 4.69) is 0 Å². The SMILES string of the molecule is CC(=O)CC1CC(O)c2c(O)cccc2C1=O. The summed E-state index contributed by atoms with van der Waals surface area (Å²) >= 11 is 0. The first kappa shape index (κ1) is 11.8. The minimum Gasteiger partial charge on any atom is -0.508 e. The van der Waals surface area contributed by atoms with Crippen LogP contribution in [0.25, 0.3) is 0 Å². The molecule has 0 bridgehead atoms. The molecule has 0 fully saturated rings. The maximum atomic E-state index is 12.1. The molecule has 2 N–H and O–H groups in total. The third kappa shape index (κ3) is 2.08. The van der Waals surface area contributed by atoms with Crippen LogP contribution in [-0.4, -0.2) is 21.8 Å². The van der Waals surface area contributed by atoms with Crippen LogP contribution in [0.3, 0.4) is 0 Å². The molecule has 2 atom stereocenters. The van der Waals surface area contributed by atoms with Crippen LogP contribution < -0.4 is 0 Å². The summed E-state index contributed by atoms with van der Waals surface area (Å²) in [6.07, 6.45) is -0.540. The van der Waals surface area contributed by atoms with Crippen molar-refractivity contribution in [3.05, 3.63) is 29.3 Å². The predicted molar refractivity (Wildman–Crippen MR) is 60.8 cm³/mol. The van der Waals surface area contributed by atoms with Gasteiger partial charge in [-0.2, -0.15) is 0 Å². The zero-order valence-electron chi connectivity index (χ0n) is 9.51. The number of benzene rings is 1. The van der Waals surface area contributed by atoms with Gasteiger partial charge in [0.25, 0.3) is 0 Å². The number of aromatic hydroxyl groups is 1. The smallest absolute Gasteiger partial charge is 0.167 e. The zero-order valence-corrected chi connectivity index (χ0v) is 9.51. The molecule has 0 radical (unpaired) electrons. The molecular formula is C13H14O4. The van der Waals surface area contributed by atoms with Crippen LogP contribution in [0.1, 0.15) is 41.8 Å². The summed E-state index contributed by atoms with van der Waals surface area (Å²) in [4.78, 5) is 23.1. The third-order valence-electron chi connectivity index (χ3n) is 3.09. The Morgan fingerprint density at radius 2 is 2.18 bits per heavy atom. The molecule has 0 heterocycles. The van der Waals surface area contributed by atoms with E-state index in [-0.39, 0.29) is 35.7 Å². The van der Waals surface area contributed by atoms with E-state index in [1.807, 2.05) is 0 Å². The Balaban J connectivity index is 2.41. The third-order valence-corrected chi connectivity index (χ3v) is 3.09. The van der Waals surface area contributed by atoms with E-state index in [1.165, 1.54) is 13.0 Å². The number of fused-ring (bicyclic) bond motifs is 1. The first-order valence-electron chi connectivity index (χ1n) is 5.54. The number of ketones is 2. The van der Waals surface area contributed by atoms with Crippen LogP contribution in [0.2, 0.25) is 0 Å². The van der Waals surface area contributed by atoms with E-state index in [1.54, 1.807) is 12.1 Å². The Hall–Kier alpha value is -1.68. The summed E-state index contributed by atoms with van der Waals surface area (Å²) in [6.45, 7) is 1.43. The van der Waals surface area contributed by atoms with Gasteiger partial charge in [0.15, 0.2) is 5.78 Å². The molecule has 1 aliphatic rings. The summed E-state index contributed by atoms with van der Waals surface area (Å²) < 4.78 is 0. The fourth-order valence-corrected chi connectivity index (χ4v) is 2.36. The van der Waals surface area contributed by atoms with E-state index < -0.39 is 12.0 Å². The highest BCUT2D eigenvalue weighted by atomic mass is 16.3. The lowest BCUT2D eigenvalue weighted by atomic mass is 9.78. The first-order valence-corrected chi connectivity index (χ1v) is 5.54. The highest BCUT2D eigenvalue weighted by Gasteiger charge is 2.34. The molecule has 2 rings (SSSR count). The normalized spacial score (nSPS) is 23.3. The van der Waals surface area contributed by atoms with Crippen molar-refractivity contribution in [1.82, 2.24) is 0 Å². The van der Waals surface area contributed by atoms with Gasteiger partial charge < -0.3 is 15.0 Å². The molecule has 0 saturated carbocycles. The lowest BCUT2D eigenvalue weighted by Gasteiger charge is -2.27. The van der Waals surface area contributed by atoms with E-state index >= 15 is 0 Å². The van der Waals surface area contributed by atoms with Crippen molar-refractivity contribution in [1.29, 1.82) is 0 Å². The van der Waals surface area contributed by atoms with Crippen LogP contribution in [-0.2, 0) is 4.79 Å². The van der Waals surface area contributed by atoms with Gasteiger partial charge in [0.2, 0.25) is 0 Å². The number of carbonyl (C=O) groups excluding carboxylic acids is 2. The first-order chi connectivity index (χ1) is 8.00. The molecule has 0 aliphatic heterocycles. The molecule has 0 amide bonds. The number of phenolic OH excluding ortho intramolecular Hbond substituents is 1. The molecule has 17 heavy (non-hydrogen) atoms. The lowest BCUT2D eigenvalue weighted by Crippen LogP contribution is -2.27. The maximum absolute atomic E-state index is 12.1. The summed E-state index contributed by atoms with van der Waals surface area (Å²) in [5, 5.41) is 19.6. The average molecular weight is 234 g/mol. The Labute approximate surface area is 98.9 Å². The zero-order chi connectivity index (χ0) is 12.6. The van der Waals surface area contributed by atoms with Gasteiger partial charge in [-0.25, -0.2) is 0 Å². The van der Waals surface area contributed by atoms with E-state index in [4.69, 9.17) is 0 Å². The molecule has 0 aromatic heterocycles. The molecule has 4 heteroatoms. The average Bonchev–Trinajstić information content (AvgIpc) is 2.24. The fourth-order valence-electron chi connectivity index (χ4n) is 2.36. The topological polar surface area (TPSA) is 74.6 Å². The second-order valence-electron chi connectivity index (χ2n) is 4.46. The highest BCUT2D eigenvalue weighted by Crippen LogP contribution is 2.39. The summed E-state index contributed by atoms with van der Waals surface area (Å²) in [5.41, 5.74) is 0.618. The predicted octanol–water partition coefficient (Wildman–Crippen LogP) is 1.61. The Morgan fingerprint density at radius 3 is 2.82 bits per heavy atom. The minimum absolute atomic E-state index is 0.0652. The van der Waals surface area contributed by atoms with Crippen molar-refractivity contribution in [2.24, 2.45) is 5.92 Å². The van der Waals surface area contributed by atoms with Crippen molar-refractivity contribution < 1.29 is 19.8 Å². The number of hydrogen-bond donors (Lipinski definition) is 2. The summed E-state index contributed by atoms with van der Waals surface area (Å²) in [7, 11) is 0. The minimum atomic E-state index is -0.881. The van der Waals surface area contributed by atoms with Crippen molar-refractivity contribution in [3.8, 4) is 5.75 Å². The number of aliphatic hydroxyl groups excluding tert-OH is 1. The number of phenols is 1. The van der Waals surface area contributed by atoms with Crippen LogP contribution in [0.4, 0.5) is 0 Å². The standard InChI is InChI=1S/C13H14O4/c1-7(14)5-8-6-11(16)12-9(13(8)17)3-2-4-10(12)15/h2-4,8,11,15-16H,5-6H2,1H3. The summed E-state index contributed by atoms with van der Waals surface area (Å²) in [5.74, 6) is -0.781. The second kappa shape index (κ2) is 4.30. The molecular weight excluding hydrogens is 220 g/mol. The van der Waals surface area contributed by atoms with Crippen molar-refractivity contribution in [3.63, 3.8) is 0 Å². The van der Waals surface area contributed by atoms with Crippen LogP contribution in [0.15, 0.2) is 18.2 Å². The van der Waals surface area contributed by atoms with Crippen molar-refractivity contribution in [2.45, 2.75) is 25.9 Å². The maximum Gasteiger partial charge on any atom is 0.167 e. The van der Waals surface area contributed by atoms with Crippen LogP contribution >= 0.6 is 0 Å². The van der Waals surface area contributed by atoms with Crippen molar-refractivity contribution in [2.75, 3.05) is 0 Å². The number of aliphatic hydroxyl groups is 1. The monoisotopic (exact) mass is 234 g/mol. The van der Waals surface area contributed by atoms with Gasteiger partial charge in [-0.3, -0.25) is 4.79 Å². The van der Waals surface area contributed by atoms with Gasteiger partial charge in [0.1, 0.15) is 11.5 Å². The number of Topliss-reactive ketones (excluding diaryl/α,β-unsaturated/α-hetero) is 2. The molecule has 90 valence electrons. The Kier molecular flexibility index (Phi) is 2.98. The van der Waals surface area contributed by atoms with Crippen molar-refractivity contribution >= 4 is 11.6 Å². The molecule has 4 nitrogen and oxygen atoms in total. The van der Waals surface area contributed by atoms with E-state index in [0.717, 1.165) is 0 Å². The quantitative estimate of drug-likeness (QED) is 0.815. The van der Waals surface area contributed by atoms with Crippen LogP contribution in [0, 0.1) is 5.92 Å². The highest BCUT2D eigenvalue weighted by molar-refractivity contribution is 6.02. The van der Waals surface area contributed by atoms with Crippen LogP contribution in [0.5, 0.6) is 5.75 Å². The molecule has 1 aromatic rings. The summed E-state index contributed by atoms with van der Waals surface area (Å²) in [6, 6.07) is 4.59. The number of carbonyl (C=O) groups is 2. The number of rotatable bonds is 2. The van der Waals surface area contributed by atoms with E-state index in [0.29, 0.717) is 5.56 Å². The Bertz CT molecular complexity index is 478. The fraction of sp³-hybridized carbons (Fsp3) is 0.385. The van der Waals surface area contributed by atoms with Gasteiger partial charge >= 0.3 is 0 Å². The van der Waals surface area contributed by atoms with Gasteiger partial charge in [0, 0.05) is 23.5 Å². The molecule has 0 spiro atoms. The van der Waals surface area contributed by atoms with Gasteiger partial charge in [-0.1, -0.05) is 12.1 Å².